The second-order valence-electron chi connectivity index (χ2n) is 7.82. The van der Waals surface area contributed by atoms with E-state index >= 15 is 0 Å². The molecule has 1 unspecified atom stereocenters. The number of carbonyl (C=O) groups is 1. The molecule has 170 valence electrons. The second-order valence-corrected chi connectivity index (χ2v) is 7.82. The number of amidine groups is 1. The average Bonchev–Trinajstić information content (AvgIpc) is 3.26. The minimum absolute atomic E-state index is 0.0143. The van der Waals surface area contributed by atoms with Gasteiger partial charge >= 0.3 is 5.97 Å². The number of anilines is 1. The van der Waals surface area contributed by atoms with Gasteiger partial charge in [0.1, 0.15) is 30.1 Å². The lowest BCUT2D eigenvalue weighted by molar-refractivity contribution is -0.138. The van der Waals surface area contributed by atoms with E-state index in [0.717, 1.165) is 0 Å². The van der Waals surface area contributed by atoms with Crippen molar-refractivity contribution in [1.82, 2.24) is 19.5 Å². The fourth-order valence-electron chi connectivity index (χ4n) is 3.82. The fraction of sp³-hybridized carbons (Fsp3) is 0.611. The smallest absolute Gasteiger partial charge is 0.320 e. The molecule has 2 aromatic heterocycles. The number of rotatable bonds is 10. The summed E-state index contributed by atoms with van der Waals surface area (Å²) in [7, 11) is 0. The number of carboxylic acids is 1. The number of carboxylic acid groups (broad SMARTS) is 1. The Morgan fingerprint density at radius 2 is 1.97 bits per heavy atom. The maximum Gasteiger partial charge on any atom is 0.320 e. The van der Waals surface area contributed by atoms with Gasteiger partial charge in [0.05, 0.1) is 18.3 Å². The van der Waals surface area contributed by atoms with Crippen molar-refractivity contribution in [2.75, 3.05) is 5.73 Å². The van der Waals surface area contributed by atoms with Gasteiger partial charge < -0.3 is 37.3 Å². The van der Waals surface area contributed by atoms with Crippen molar-refractivity contribution < 1.29 is 24.9 Å². The molecule has 31 heavy (non-hydrogen) atoms. The van der Waals surface area contributed by atoms with Crippen LogP contribution in [-0.2, 0) is 9.53 Å². The van der Waals surface area contributed by atoms with Crippen molar-refractivity contribution in [3.63, 3.8) is 0 Å². The number of hydrogen-bond donors (Lipinski definition) is 7. The van der Waals surface area contributed by atoms with Gasteiger partial charge in [-0.1, -0.05) is 0 Å². The monoisotopic (exact) mass is 436 g/mol. The Labute approximate surface area is 177 Å². The van der Waals surface area contributed by atoms with E-state index in [1.165, 1.54) is 17.2 Å². The van der Waals surface area contributed by atoms with E-state index in [-0.39, 0.29) is 24.0 Å². The summed E-state index contributed by atoms with van der Waals surface area (Å²) in [5, 5.41) is 37.7. The van der Waals surface area contributed by atoms with Crippen LogP contribution in [0.1, 0.15) is 38.3 Å². The van der Waals surface area contributed by atoms with Gasteiger partial charge in [0.2, 0.25) is 0 Å². The molecule has 0 amide bonds. The van der Waals surface area contributed by atoms with Crippen LogP contribution in [0.15, 0.2) is 12.7 Å². The van der Waals surface area contributed by atoms with Crippen LogP contribution in [-0.4, -0.2) is 71.0 Å². The van der Waals surface area contributed by atoms with Gasteiger partial charge in [0.15, 0.2) is 17.7 Å². The zero-order chi connectivity index (χ0) is 22.7. The molecule has 0 aromatic carbocycles. The highest BCUT2D eigenvalue weighted by molar-refractivity contribution is 5.81. The van der Waals surface area contributed by atoms with E-state index in [1.807, 2.05) is 0 Å². The van der Waals surface area contributed by atoms with Gasteiger partial charge in [-0.2, -0.15) is 0 Å². The summed E-state index contributed by atoms with van der Waals surface area (Å²) < 4.78 is 7.45. The van der Waals surface area contributed by atoms with Crippen LogP contribution < -0.4 is 17.2 Å². The van der Waals surface area contributed by atoms with E-state index in [4.69, 9.17) is 32.5 Å². The van der Waals surface area contributed by atoms with Gasteiger partial charge in [0, 0.05) is 6.42 Å². The van der Waals surface area contributed by atoms with E-state index in [2.05, 4.69) is 15.0 Å². The zero-order valence-corrected chi connectivity index (χ0v) is 16.8. The van der Waals surface area contributed by atoms with Crippen molar-refractivity contribution in [3.8, 4) is 0 Å². The summed E-state index contributed by atoms with van der Waals surface area (Å²) in [6.45, 7) is 0. The first-order valence-electron chi connectivity index (χ1n) is 9.95. The second kappa shape index (κ2) is 9.51. The van der Waals surface area contributed by atoms with Gasteiger partial charge in [-0.15, -0.1) is 0 Å². The number of fused-ring (bicyclic) bond motifs is 1. The van der Waals surface area contributed by atoms with Crippen LogP contribution >= 0.6 is 0 Å². The number of aromatic nitrogens is 4. The largest absolute Gasteiger partial charge is 0.480 e. The summed E-state index contributed by atoms with van der Waals surface area (Å²) in [4.78, 5) is 23.2. The molecule has 0 bridgehead atoms. The molecule has 0 aliphatic carbocycles. The van der Waals surface area contributed by atoms with Gasteiger partial charge in [-0.05, 0) is 31.6 Å². The van der Waals surface area contributed by atoms with Crippen LogP contribution in [0.25, 0.3) is 11.2 Å². The first-order valence-corrected chi connectivity index (χ1v) is 9.95. The SMILES string of the molecule is N=C(N)CC[C@@H](CC[C@H](N)C(=O)O)C[C@H]1O[C@@H](n2cnc3c(N)ncnc32)C(O)[C@H]1O. The summed E-state index contributed by atoms with van der Waals surface area (Å²) in [5.74, 6) is -1.00. The molecule has 2 aromatic rings. The van der Waals surface area contributed by atoms with E-state index in [1.54, 1.807) is 0 Å². The quantitative estimate of drug-likeness (QED) is 0.175. The van der Waals surface area contributed by atoms with Gasteiger partial charge in [-0.3, -0.25) is 14.8 Å². The standard InChI is InChI=1S/C18H28N8O5/c19-9(18(29)30)3-1-8(2-4-11(20)21)5-10-13(27)14(28)17(31-10)26-7-25-12-15(22)23-6-24-16(12)26/h6-10,13-14,17,27-28H,1-5,19H2,(H3,20,21)(H,29,30)(H2,22,23,24)/t8-,9+,10-,13+,14?,17-/m1/s1. The first kappa shape index (κ1) is 22.8. The summed E-state index contributed by atoms with van der Waals surface area (Å²) in [6.07, 6.45) is 0.439. The first-order chi connectivity index (χ1) is 14.7. The number of nitrogens with two attached hydrogens (primary N) is 3. The summed E-state index contributed by atoms with van der Waals surface area (Å²) >= 11 is 0. The molecule has 1 saturated heterocycles. The van der Waals surface area contributed by atoms with Crippen molar-refractivity contribution in [3.05, 3.63) is 12.7 Å². The van der Waals surface area contributed by atoms with Crippen LogP contribution in [0.4, 0.5) is 5.82 Å². The number of nitrogen functional groups attached to an aromatic ring is 1. The minimum atomic E-state index is -1.24. The van der Waals surface area contributed by atoms with Crippen molar-refractivity contribution >= 4 is 28.8 Å². The summed E-state index contributed by atoms with van der Waals surface area (Å²) in [5.41, 5.74) is 17.6. The normalized spacial score (nSPS) is 25.5. The van der Waals surface area contributed by atoms with E-state index < -0.39 is 36.6 Å². The molecule has 1 aliphatic heterocycles. The third-order valence-electron chi connectivity index (χ3n) is 5.59. The molecule has 0 spiro atoms. The zero-order valence-electron chi connectivity index (χ0n) is 16.8. The number of hydrogen-bond acceptors (Lipinski definition) is 10. The highest BCUT2D eigenvalue weighted by Gasteiger charge is 2.45. The number of aliphatic carboxylic acids is 1. The number of aliphatic hydroxyl groups is 2. The van der Waals surface area contributed by atoms with Crippen molar-refractivity contribution in [2.24, 2.45) is 17.4 Å². The lowest BCUT2D eigenvalue weighted by Gasteiger charge is -2.23. The number of nitrogens with zero attached hydrogens (tertiary/aromatic N) is 4. The van der Waals surface area contributed by atoms with Crippen molar-refractivity contribution in [2.45, 2.75) is 62.7 Å². The van der Waals surface area contributed by atoms with E-state index in [9.17, 15) is 15.0 Å². The Bertz CT molecular complexity index is 937. The molecule has 1 aliphatic rings. The molecule has 3 rings (SSSR count). The van der Waals surface area contributed by atoms with Gasteiger partial charge in [-0.25, -0.2) is 15.0 Å². The lowest BCUT2D eigenvalue weighted by Crippen LogP contribution is -2.33. The summed E-state index contributed by atoms with van der Waals surface area (Å²) in [6, 6.07) is -1.00. The molecule has 3 heterocycles. The van der Waals surface area contributed by atoms with Crippen LogP contribution in [0.5, 0.6) is 0 Å². The molecule has 6 atom stereocenters. The molecular formula is C18H28N8O5. The van der Waals surface area contributed by atoms with Crippen molar-refractivity contribution in [1.29, 1.82) is 5.41 Å². The lowest BCUT2D eigenvalue weighted by atomic mass is 9.88. The molecule has 1 fully saturated rings. The van der Waals surface area contributed by atoms with Crippen LogP contribution in [0.3, 0.4) is 0 Å². The Balaban J connectivity index is 1.73. The van der Waals surface area contributed by atoms with E-state index in [0.29, 0.717) is 36.8 Å². The maximum absolute atomic E-state index is 11.0. The number of imidazole rings is 1. The predicted molar refractivity (Wildman–Crippen MR) is 110 cm³/mol. The fourth-order valence-corrected chi connectivity index (χ4v) is 3.82. The average molecular weight is 436 g/mol. The predicted octanol–water partition coefficient (Wildman–Crippen LogP) is -1.06. The minimum Gasteiger partial charge on any atom is -0.480 e. The third-order valence-corrected chi connectivity index (χ3v) is 5.59. The highest BCUT2D eigenvalue weighted by Crippen LogP contribution is 2.36. The highest BCUT2D eigenvalue weighted by atomic mass is 16.6. The molecular weight excluding hydrogens is 408 g/mol. The van der Waals surface area contributed by atoms with Crippen LogP contribution in [0, 0.1) is 11.3 Å². The Morgan fingerprint density at radius 3 is 2.65 bits per heavy atom. The molecule has 13 heteroatoms. The maximum atomic E-state index is 11.0. The Kier molecular flexibility index (Phi) is 7.00. The molecule has 13 nitrogen and oxygen atoms in total. The topological polar surface area (TPSA) is 232 Å². The molecule has 0 radical (unpaired) electrons. The molecule has 10 N–H and O–H groups in total. The Morgan fingerprint density at radius 1 is 1.23 bits per heavy atom. The van der Waals surface area contributed by atoms with Crippen LogP contribution in [0.2, 0.25) is 0 Å². The third kappa shape index (κ3) is 5.07. The van der Waals surface area contributed by atoms with Gasteiger partial charge in [0.25, 0.3) is 0 Å². The number of aliphatic hydroxyl groups excluding tert-OH is 2. The Hall–Kier alpha value is -2.87. The molecule has 0 saturated carbocycles. The number of ether oxygens (including phenoxy) is 1. The number of nitrogens with one attached hydrogen (secondary N) is 1.